The Bertz CT molecular complexity index is 74.9. The summed E-state index contributed by atoms with van der Waals surface area (Å²) in [5.74, 6) is 0.398. The summed E-state index contributed by atoms with van der Waals surface area (Å²) < 4.78 is 0. The maximum absolute atomic E-state index is 8.66. The van der Waals surface area contributed by atoms with Crippen LogP contribution in [0.1, 0.15) is 19.3 Å². The summed E-state index contributed by atoms with van der Waals surface area (Å²) in [6, 6.07) is 0.278. The molecule has 0 aromatic carbocycles. The molecule has 1 aliphatic rings. The van der Waals surface area contributed by atoms with Crippen molar-refractivity contribution >= 4 is 0 Å². The summed E-state index contributed by atoms with van der Waals surface area (Å²) in [6.45, 7) is 0.279. The van der Waals surface area contributed by atoms with Crippen LogP contribution in [0.5, 0.6) is 0 Å². The van der Waals surface area contributed by atoms with Crippen LogP contribution in [0.2, 0.25) is 0 Å². The van der Waals surface area contributed by atoms with E-state index in [9.17, 15) is 0 Å². The van der Waals surface area contributed by atoms with E-state index in [2.05, 4.69) is 0 Å². The highest BCUT2D eigenvalue weighted by atomic mass is 16.3. The Labute approximate surface area is 49.7 Å². The molecule has 0 aromatic heterocycles. The third-order valence-corrected chi connectivity index (χ3v) is 1.95. The molecule has 0 radical (unpaired) electrons. The third-order valence-electron chi connectivity index (χ3n) is 1.95. The first-order valence-corrected chi connectivity index (χ1v) is 3.21. The summed E-state index contributed by atoms with van der Waals surface area (Å²) >= 11 is 0. The number of rotatable bonds is 1. The van der Waals surface area contributed by atoms with Crippen molar-refractivity contribution in [2.45, 2.75) is 25.3 Å². The Morgan fingerprint density at radius 3 is 2.50 bits per heavy atom. The summed E-state index contributed by atoms with van der Waals surface area (Å²) in [5.41, 5.74) is 5.63. The van der Waals surface area contributed by atoms with E-state index in [1.54, 1.807) is 0 Å². The average Bonchev–Trinajstić information content (AvgIpc) is 2.14. The van der Waals surface area contributed by atoms with Gasteiger partial charge in [-0.05, 0) is 18.8 Å². The Kier molecular flexibility index (Phi) is 1.86. The van der Waals surface area contributed by atoms with Crippen molar-refractivity contribution in [3.8, 4) is 0 Å². The summed E-state index contributed by atoms with van der Waals surface area (Å²) in [7, 11) is 0. The van der Waals surface area contributed by atoms with E-state index in [0.29, 0.717) is 5.92 Å². The van der Waals surface area contributed by atoms with Gasteiger partial charge in [0.1, 0.15) is 0 Å². The van der Waals surface area contributed by atoms with Crippen LogP contribution in [-0.2, 0) is 0 Å². The summed E-state index contributed by atoms with van der Waals surface area (Å²) in [4.78, 5) is 0. The number of nitrogens with two attached hydrogens (primary N) is 1. The molecule has 1 aliphatic carbocycles. The summed E-state index contributed by atoms with van der Waals surface area (Å²) in [5, 5.41) is 8.66. The molecule has 0 aliphatic heterocycles. The average molecular weight is 115 g/mol. The molecular weight excluding hydrogens is 102 g/mol. The smallest absolute Gasteiger partial charge is 0.0474 e. The Hall–Kier alpha value is -0.0800. The van der Waals surface area contributed by atoms with Gasteiger partial charge in [-0.15, -0.1) is 0 Å². The molecule has 0 bridgehead atoms. The van der Waals surface area contributed by atoms with Crippen molar-refractivity contribution < 1.29 is 5.11 Å². The van der Waals surface area contributed by atoms with E-state index >= 15 is 0 Å². The van der Waals surface area contributed by atoms with E-state index in [1.165, 1.54) is 6.42 Å². The molecular formula is C6H13NO. The van der Waals surface area contributed by atoms with Crippen LogP contribution in [0, 0.1) is 5.92 Å². The second-order valence-electron chi connectivity index (χ2n) is 2.54. The number of hydrogen-bond donors (Lipinski definition) is 2. The second kappa shape index (κ2) is 2.46. The fourth-order valence-corrected chi connectivity index (χ4v) is 1.29. The van der Waals surface area contributed by atoms with Crippen molar-refractivity contribution in [3.63, 3.8) is 0 Å². The van der Waals surface area contributed by atoms with Gasteiger partial charge in [-0.2, -0.15) is 0 Å². The van der Waals surface area contributed by atoms with Crippen LogP contribution in [0.15, 0.2) is 0 Å². The molecule has 1 fully saturated rings. The van der Waals surface area contributed by atoms with Crippen LogP contribution in [-0.4, -0.2) is 17.8 Å². The lowest BCUT2D eigenvalue weighted by Gasteiger charge is -2.09. The quantitative estimate of drug-likeness (QED) is 0.509. The highest BCUT2D eigenvalue weighted by Gasteiger charge is 2.22. The van der Waals surface area contributed by atoms with Gasteiger partial charge in [0.25, 0.3) is 0 Å². The van der Waals surface area contributed by atoms with Gasteiger partial charge < -0.3 is 10.8 Å². The van der Waals surface area contributed by atoms with Gasteiger partial charge in [0.2, 0.25) is 0 Å². The molecule has 0 aromatic rings. The molecule has 1 saturated carbocycles. The van der Waals surface area contributed by atoms with Gasteiger partial charge in [-0.25, -0.2) is 0 Å². The Balaban J connectivity index is 2.30. The molecule has 0 amide bonds. The van der Waals surface area contributed by atoms with E-state index in [0.717, 1.165) is 12.8 Å². The Morgan fingerprint density at radius 2 is 2.25 bits per heavy atom. The van der Waals surface area contributed by atoms with Gasteiger partial charge in [0.15, 0.2) is 0 Å². The molecule has 48 valence electrons. The molecule has 1 rings (SSSR count). The highest BCUT2D eigenvalue weighted by molar-refractivity contribution is 4.78. The number of hydrogen-bond acceptors (Lipinski definition) is 2. The lowest BCUT2D eigenvalue weighted by molar-refractivity contribution is 0.218. The number of aliphatic hydroxyl groups excluding tert-OH is 1. The fraction of sp³-hybridized carbons (Fsp3) is 1.00. The predicted molar refractivity (Wildman–Crippen MR) is 32.4 cm³/mol. The molecule has 1 unspecified atom stereocenters. The van der Waals surface area contributed by atoms with E-state index in [1.807, 2.05) is 0 Å². The van der Waals surface area contributed by atoms with E-state index in [-0.39, 0.29) is 12.6 Å². The molecule has 2 atom stereocenters. The second-order valence-corrected chi connectivity index (χ2v) is 2.54. The van der Waals surface area contributed by atoms with Gasteiger partial charge >= 0.3 is 0 Å². The minimum Gasteiger partial charge on any atom is -0.396 e. The molecule has 0 saturated heterocycles. The SMILES string of the molecule is N[C@H]1CCCC1CO. The van der Waals surface area contributed by atoms with Crippen LogP contribution in [0.3, 0.4) is 0 Å². The van der Waals surface area contributed by atoms with Crippen molar-refractivity contribution in [2.75, 3.05) is 6.61 Å². The molecule has 3 N–H and O–H groups in total. The zero-order chi connectivity index (χ0) is 5.98. The zero-order valence-electron chi connectivity index (χ0n) is 5.01. The predicted octanol–water partition coefficient (Wildman–Crippen LogP) is 0.106. The lowest BCUT2D eigenvalue weighted by atomic mass is 10.1. The van der Waals surface area contributed by atoms with Gasteiger partial charge in [-0.3, -0.25) is 0 Å². The first-order chi connectivity index (χ1) is 3.84. The molecule has 8 heavy (non-hydrogen) atoms. The van der Waals surface area contributed by atoms with E-state index in [4.69, 9.17) is 10.8 Å². The zero-order valence-corrected chi connectivity index (χ0v) is 5.01. The maximum Gasteiger partial charge on any atom is 0.0474 e. The molecule has 2 heteroatoms. The standard InChI is InChI=1S/C6H13NO/c7-6-3-1-2-5(6)4-8/h5-6,8H,1-4,7H2/t5?,6-/m0/s1. The number of aliphatic hydroxyl groups is 1. The Morgan fingerprint density at radius 1 is 1.50 bits per heavy atom. The van der Waals surface area contributed by atoms with Gasteiger partial charge in [0, 0.05) is 12.6 Å². The minimum atomic E-state index is 0.278. The molecule has 0 spiro atoms. The normalized spacial score (nSPS) is 38.2. The first kappa shape index (κ1) is 6.05. The van der Waals surface area contributed by atoms with Gasteiger partial charge in [0.05, 0.1) is 0 Å². The van der Waals surface area contributed by atoms with Crippen molar-refractivity contribution in [3.05, 3.63) is 0 Å². The van der Waals surface area contributed by atoms with Crippen LogP contribution in [0.4, 0.5) is 0 Å². The van der Waals surface area contributed by atoms with Crippen LogP contribution in [0.25, 0.3) is 0 Å². The third kappa shape index (κ3) is 1.01. The van der Waals surface area contributed by atoms with Crippen LogP contribution < -0.4 is 5.73 Å². The molecule has 0 heterocycles. The summed E-state index contributed by atoms with van der Waals surface area (Å²) in [6.07, 6.45) is 3.43. The highest BCUT2D eigenvalue weighted by Crippen LogP contribution is 2.22. The molecule has 2 nitrogen and oxygen atoms in total. The lowest BCUT2D eigenvalue weighted by Crippen LogP contribution is -2.26. The first-order valence-electron chi connectivity index (χ1n) is 3.21. The fourth-order valence-electron chi connectivity index (χ4n) is 1.29. The minimum absolute atomic E-state index is 0.278. The van der Waals surface area contributed by atoms with Crippen molar-refractivity contribution in [1.29, 1.82) is 0 Å². The van der Waals surface area contributed by atoms with E-state index < -0.39 is 0 Å². The van der Waals surface area contributed by atoms with Crippen molar-refractivity contribution in [2.24, 2.45) is 11.7 Å². The van der Waals surface area contributed by atoms with Gasteiger partial charge in [-0.1, -0.05) is 6.42 Å². The largest absolute Gasteiger partial charge is 0.396 e. The maximum atomic E-state index is 8.66. The monoisotopic (exact) mass is 115 g/mol. The van der Waals surface area contributed by atoms with Crippen LogP contribution >= 0.6 is 0 Å². The van der Waals surface area contributed by atoms with Crippen molar-refractivity contribution in [1.82, 2.24) is 0 Å². The topological polar surface area (TPSA) is 46.2 Å².